The molecule has 3 rings (SSSR count). The van der Waals surface area contributed by atoms with E-state index in [1.807, 2.05) is 19.1 Å². The lowest BCUT2D eigenvalue weighted by atomic mass is 9.66. The van der Waals surface area contributed by atoms with E-state index in [0.717, 1.165) is 5.56 Å². The number of rotatable bonds is 9. The average molecular weight is 417 g/mol. The molecule has 0 N–H and O–H groups in total. The maximum Gasteiger partial charge on any atom is 0.276 e. The SMILES string of the molecule is CCCCC(F)(F)c1ccc(-c2ccc(C3(CCCC)CCCCC3)cc2)cc1F. The molecule has 0 aliphatic heterocycles. The first-order valence-electron chi connectivity index (χ1n) is 11.7. The van der Waals surface area contributed by atoms with Gasteiger partial charge in [0, 0.05) is 6.42 Å². The molecule has 1 saturated carbocycles. The highest BCUT2D eigenvalue weighted by molar-refractivity contribution is 5.64. The molecule has 0 aromatic heterocycles. The Labute approximate surface area is 179 Å². The van der Waals surface area contributed by atoms with Crippen molar-refractivity contribution in [2.24, 2.45) is 0 Å². The third kappa shape index (κ3) is 5.10. The molecule has 164 valence electrons. The lowest BCUT2D eigenvalue weighted by molar-refractivity contribution is -0.0187. The Hall–Kier alpha value is -1.77. The van der Waals surface area contributed by atoms with Gasteiger partial charge in [-0.25, -0.2) is 13.2 Å². The van der Waals surface area contributed by atoms with Crippen molar-refractivity contribution in [1.29, 1.82) is 0 Å². The number of hydrogen-bond acceptors (Lipinski definition) is 0. The van der Waals surface area contributed by atoms with Crippen LogP contribution in [0.5, 0.6) is 0 Å². The molecule has 0 radical (unpaired) electrons. The summed E-state index contributed by atoms with van der Waals surface area (Å²) in [6.07, 6.45) is 10.8. The number of benzene rings is 2. The predicted octanol–water partition coefficient (Wildman–Crippen LogP) is 9.17. The van der Waals surface area contributed by atoms with Crippen LogP contribution in [0, 0.1) is 5.82 Å². The maximum absolute atomic E-state index is 14.5. The van der Waals surface area contributed by atoms with E-state index in [9.17, 15) is 13.2 Å². The topological polar surface area (TPSA) is 0 Å². The molecule has 2 aromatic carbocycles. The molecule has 30 heavy (non-hydrogen) atoms. The van der Waals surface area contributed by atoms with Gasteiger partial charge in [0.15, 0.2) is 0 Å². The standard InChI is InChI=1S/C27H35F3/c1-3-5-16-26(17-8-7-9-18-26)23-13-10-21(11-14-23)22-12-15-24(25(28)20-22)27(29,30)19-6-4-2/h10-15,20H,3-9,16-19H2,1-2H3. The van der Waals surface area contributed by atoms with Gasteiger partial charge in [-0.05, 0) is 59.9 Å². The van der Waals surface area contributed by atoms with Crippen LogP contribution in [0.3, 0.4) is 0 Å². The van der Waals surface area contributed by atoms with Gasteiger partial charge in [0.2, 0.25) is 0 Å². The van der Waals surface area contributed by atoms with Gasteiger partial charge < -0.3 is 0 Å². The van der Waals surface area contributed by atoms with E-state index in [4.69, 9.17) is 0 Å². The van der Waals surface area contributed by atoms with Gasteiger partial charge in [-0.1, -0.05) is 82.7 Å². The molecule has 1 aliphatic rings. The molecule has 0 saturated heterocycles. The van der Waals surface area contributed by atoms with E-state index in [1.54, 1.807) is 6.07 Å². The van der Waals surface area contributed by atoms with Crippen LogP contribution in [-0.4, -0.2) is 0 Å². The van der Waals surface area contributed by atoms with Gasteiger partial charge in [-0.3, -0.25) is 0 Å². The molecule has 0 bridgehead atoms. The number of hydrogen-bond donors (Lipinski definition) is 0. The van der Waals surface area contributed by atoms with Crippen molar-refractivity contribution < 1.29 is 13.2 Å². The fraction of sp³-hybridized carbons (Fsp3) is 0.556. The first-order valence-corrected chi connectivity index (χ1v) is 11.7. The van der Waals surface area contributed by atoms with Crippen molar-refractivity contribution in [3.05, 3.63) is 59.4 Å². The summed E-state index contributed by atoms with van der Waals surface area (Å²) >= 11 is 0. The zero-order valence-corrected chi connectivity index (χ0v) is 18.5. The molecule has 0 atom stereocenters. The van der Waals surface area contributed by atoms with E-state index in [-0.39, 0.29) is 11.8 Å². The molecule has 0 unspecified atom stereocenters. The van der Waals surface area contributed by atoms with Crippen molar-refractivity contribution in [2.45, 2.75) is 95.8 Å². The number of halogens is 3. The van der Waals surface area contributed by atoms with E-state index in [2.05, 4.69) is 19.1 Å². The highest BCUT2D eigenvalue weighted by Gasteiger charge is 2.34. The molecular formula is C27H35F3. The van der Waals surface area contributed by atoms with Crippen LogP contribution >= 0.6 is 0 Å². The molecule has 0 spiro atoms. The van der Waals surface area contributed by atoms with E-state index < -0.39 is 17.3 Å². The molecule has 1 fully saturated rings. The highest BCUT2D eigenvalue weighted by Crippen LogP contribution is 2.44. The van der Waals surface area contributed by atoms with Crippen molar-refractivity contribution in [3.8, 4) is 11.1 Å². The minimum absolute atomic E-state index is 0.267. The Bertz CT molecular complexity index is 801. The molecule has 2 aromatic rings. The van der Waals surface area contributed by atoms with Crippen LogP contribution in [0.1, 0.15) is 95.6 Å². The lowest BCUT2D eigenvalue weighted by Gasteiger charge is -2.38. The van der Waals surface area contributed by atoms with Crippen molar-refractivity contribution >= 4 is 0 Å². The largest absolute Gasteiger partial charge is 0.276 e. The summed E-state index contributed by atoms with van der Waals surface area (Å²) in [5.74, 6) is -3.93. The third-order valence-corrected chi connectivity index (χ3v) is 6.86. The Balaban J connectivity index is 1.83. The number of alkyl halides is 2. The second-order valence-electron chi connectivity index (χ2n) is 9.02. The van der Waals surface area contributed by atoms with Crippen LogP contribution in [0.25, 0.3) is 11.1 Å². The van der Waals surface area contributed by atoms with Gasteiger partial charge in [-0.2, -0.15) is 0 Å². The summed E-state index contributed by atoms with van der Waals surface area (Å²) < 4.78 is 43.2. The predicted molar refractivity (Wildman–Crippen MR) is 120 cm³/mol. The number of unbranched alkanes of at least 4 members (excludes halogenated alkanes) is 2. The summed E-state index contributed by atoms with van der Waals surface area (Å²) in [7, 11) is 0. The second-order valence-corrected chi connectivity index (χ2v) is 9.02. The van der Waals surface area contributed by atoms with Crippen LogP contribution in [0.15, 0.2) is 42.5 Å². The molecular weight excluding hydrogens is 381 g/mol. The van der Waals surface area contributed by atoms with Gasteiger partial charge in [0.25, 0.3) is 5.92 Å². The summed E-state index contributed by atoms with van der Waals surface area (Å²) in [4.78, 5) is 0. The Morgan fingerprint density at radius 1 is 0.833 bits per heavy atom. The maximum atomic E-state index is 14.5. The average Bonchev–Trinajstić information content (AvgIpc) is 2.77. The quantitative estimate of drug-likeness (QED) is 0.382. The van der Waals surface area contributed by atoms with Gasteiger partial charge in [-0.15, -0.1) is 0 Å². The van der Waals surface area contributed by atoms with Crippen LogP contribution in [0.2, 0.25) is 0 Å². The molecule has 1 aliphatic carbocycles. The fourth-order valence-corrected chi connectivity index (χ4v) is 4.97. The fourth-order valence-electron chi connectivity index (χ4n) is 4.97. The Morgan fingerprint density at radius 3 is 2.07 bits per heavy atom. The minimum Gasteiger partial charge on any atom is -0.206 e. The molecule has 0 nitrogen and oxygen atoms in total. The van der Waals surface area contributed by atoms with Crippen molar-refractivity contribution in [2.75, 3.05) is 0 Å². The monoisotopic (exact) mass is 416 g/mol. The molecule has 0 heterocycles. The zero-order chi connectivity index (χ0) is 21.6. The second kappa shape index (κ2) is 10.0. The summed E-state index contributed by atoms with van der Waals surface area (Å²) in [6, 6.07) is 12.6. The van der Waals surface area contributed by atoms with E-state index in [0.29, 0.717) is 18.4 Å². The van der Waals surface area contributed by atoms with Crippen LogP contribution < -0.4 is 0 Å². The molecule has 0 amide bonds. The minimum atomic E-state index is -3.12. The van der Waals surface area contributed by atoms with Crippen molar-refractivity contribution in [1.82, 2.24) is 0 Å². The van der Waals surface area contributed by atoms with Gasteiger partial charge >= 0.3 is 0 Å². The molecule has 3 heteroatoms. The van der Waals surface area contributed by atoms with Crippen molar-refractivity contribution in [3.63, 3.8) is 0 Å². The Morgan fingerprint density at radius 2 is 1.47 bits per heavy atom. The lowest BCUT2D eigenvalue weighted by Crippen LogP contribution is -2.29. The third-order valence-electron chi connectivity index (χ3n) is 6.86. The first kappa shape index (κ1) is 22.9. The smallest absolute Gasteiger partial charge is 0.206 e. The summed E-state index contributed by atoms with van der Waals surface area (Å²) in [5, 5.41) is 0. The highest BCUT2D eigenvalue weighted by atomic mass is 19.3. The first-order chi connectivity index (χ1) is 14.4. The zero-order valence-electron chi connectivity index (χ0n) is 18.5. The van der Waals surface area contributed by atoms with Crippen LogP contribution in [-0.2, 0) is 11.3 Å². The summed E-state index contributed by atoms with van der Waals surface area (Å²) in [6.45, 7) is 4.10. The Kier molecular flexibility index (Phi) is 7.65. The van der Waals surface area contributed by atoms with Gasteiger partial charge in [0.05, 0.1) is 5.56 Å². The van der Waals surface area contributed by atoms with Gasteiger partial charge in [0.1, 0.15) is 5.82 Å². The van der Waals surface area contributed by atoms with E-state index in [1.165, 1.54) is 69.1 Å². The van der Waals surface area contributed by atoms with Crippen LogP contribution in [0.4, 0.5) is 13.2 Å². The summed E-state index contributed by atoms with van der Waals surface area (Å²) in [5.41, 5.74) is 2.69. The van der Waals surface area contributed by atoms with E-state index >= 15 is 0 Å². The normalized spacial score (nSPS) is 16.6.